The Morgan fingerprint density at radius 3 is 2.74 bits per heavy atom. The highest BCUT2D eigenvalue weighted by molar-refractivity contribution is 6.32. The average Bonchev–Trinajstić information content (AvgIpc) is 3.25. The van der Waals surface area contributed by atoms with Gasteiger partial charge in [0.1, 0.15) is 10.7 Å². The number of anilines is 4. The topological polar surface area (TPSA) is 96.2 Å². The Labute approximate surface area is 184 Å². The highest BCUT2D eigenvalue weighted by atomic mass is 35.5. The molecule has 1 aliphatic rings. The van der Waals surface area contributed by atoms with Gasteiger partial charge in [-0.05, 0) is 38.0 Å². The number of rotatable bonds is 5. The van der Waals surface area contributed by atoms with Gasteiger partial charge in [0, 0.05) is 49.5 Å². The minimum absolute atomic E-state index is 0.274. The molecule has 5 heterocycles. The third-order valence-electron chi connectivity index (χ3n) is 5.34. The van der Waals surface area contributed by atoms with Gasteiger partial charge in [-0.25, -0.2) is 9.97 Å². The minimum atomic E-state index is 0.274. The second-order valence-electron chi connectivity index (χ2n) is 7.56. The van der Waals surface area contributed by atoms with Gasteiger partial charge in [0.05, 0.1) is 11.9 Å². The van der Waals surface area contributed by atoms with Crippen molar-refractivity contribution in [2.45, 2.75) is 25.8 Å². The molecular formula is C21H22ClN9. The van der Waals surface area contributed by atoms with E-state index in [4.69, 9.17) is 11.6 Å². The van der Waals surface area contributed by atoms with Crippen molar-refractivity contribution in [2.24, 2.45) is 0 Å². The Morgan fingerprint density at radius 1 is 1.06 bits per heavy atom. The lowest BCUT2D eigenvalue weighted by atomic mass is 10.1. The van der Waals surface area contributed by atoms with Gasteiger partial charge >= 0.3 is 0 Å². The van der Waals surface area contributed by atoms with Gasteiger partial charge < -0.3 is 19.9 Å². The molecule has 0 aliphatic carbocycles. The average molecular weight is 436 g/mol. The van der Waals surface area contributed by atoms with E-state index in [2.05, 4.69) is 40.7 Å². The molecule has 31 heavy (non-hydrogen) atoms. The fourth-order valence-corrected chi connectivity index (χ4v) is 3.80. The summed E-state index contributed by atoms with van der Waals surface area (Å²) in [7, 11) is 0. The number of hydrogen-bond donors (Lipinski definition) is 2. The Bertz CT molecular complexity index is 1180. The molecule has 10 heteroatoms. The Balaban J connectivity index is 1.24. The van der Waals surface area contributed by atoms with Gasteiger partial charge in [-0.2, -0.15) is 10.1 Å². The molecular weight excluding hydrogens is 414 g/mol. The lowest BCUT2D eigenvalue weighted by molar-refractivity contribution is 0.521. The van der Waals surface area contributed by atoms with Crippen LogP contribution in [-0.2, 0) is 0 Å². The van der Waals surface area contributed by atoms with Crippen LogP contribution in [0.25, 0.3) is 5.65 Å². The van der Waals surface area contributed by atoms with E-state index in [1.807, 2.05) is 48.0 Å². The lowest BCUT2D eigenvalue weighted by Crippen LogP contribution is -2.39. The zero-order valence-electron chi connectivity index (χ0n) is 17.0. The molecule has 0 bridgehead atoms. The number of halogens is 1. The van der Waals surface area contributed by atoms with Crippen molar-refractivity contribution in [2.75, 3.05) is 28.6 Å². The first-order valence-corrected chi connectivity index (χ1v) is 10.6. The summed E-state index contributed by atoms with van der Waals surface area (Å²) in [6.07, 6.45) is 9.12. The summed E-state index contributed by atoms with van der Waals surface area (Å²) in [5, 5.41) is 15.7. The number of nitrogens with zero attached hydrogens (tertiary/aromatic N) is 7. The Kier molecular flexibility index (Phi) is 5.25. The van der Waals surface area contributed by atoms with Gasteiger partial charge in [-0.3, -0.25) is 0 Å². The third-order valence-corrected chi connectivity index (χ3v) is 5.62. The van der Waals surface area contributed by atoms with Crippen molar-refractivity contribution in [3.63, 3.8) is 0 Å². The second-order valence-corrected chi connectivity index (χ2v) is 7.97. The van der Waals surface area contributed by atoms with E-state index in [1.54, 1.807) is 12.4 Å². The van der Waals surface area contributed by atoms with Crippen molar-refractivity contribution >= 4 is 40.5 Å². The van der Waals surface area contributed by atoms with Gasteiger partial charge in [0.25, 0.3) is 0 Å². The molecule has 2 N–H and O–H groups in total. The van der Waals surface area contributed by atoms with Crippen LogP contribution in [0.5, 0.6) is 0 Å². The number of aromatic nitrogens is 6. The van der Waals surface area contributed by atoms with Crippen molar-refractivity contribution < 1.29 is 0 Å². The standard InChI is InChI=1S/C21H22ClN9/c1-14-2-3-18(29-28-14)30-8-4-15(5-9-30)25-20-17(22)13-24-21(27-20)26-16-6-10-31-11-7-23-19(31)12-16/h2-3,6-7,10-13,15H,4-5,8-9H2,1H3,(H2,24,25,26,27). The summed E-state index contributed by atoms with van der Waals surface area (Å²) < 4.78 is 1.94. The molecule has 5 rings (SSSR count). The van der Waals surface area contributed by atoms with Crippen LogP contribution in [0.4, 0.5) is 23.3 Å². The van der Waals surface area contributed by atoms with Crippen LogP contribution in [0.2, 0.25) is 5.02 Å². The van der Waals surface area contributed by atoms with Crippen LogP contribution < -0.4 is 15.5 Å². The van der Waals surface area contributed by atoms with E-state index in [-0.39, 0.29) is 6.04 Å². The largest absolute Gasteiger partial charge is 0.366 e. The molecule has 1 aliphatic heterocycles. The van der Waals surface area contributed by atoms with Crippen LogP contribution in [0, 0.1) is 6.92 Å². The normalized spacial score (nSPS) is 14.7. The molecule has 4 aromatic rings. The molecule has 0 spiro atoms. The van der Waals surface area contributed by atoms with Crippen molar-refractivity contribution in [1.82, 2.24) is 29.5 Å². The fraction of sp³-hybridized carbons (Fsp3) is 0.286. The predicted octanol–water partition coefficient (Wildman–Crippen LogP) is 3.70. The zero-order valence-corrected chi connectivity index (χ0v) is 17.8. The monoisotopic (exact) mass is 435 g/mol. The third kappa shape index (κ3) is 4.36. The quantitative estimate of drug-likeness (QED) is 0.490. The molecule has 158 valence electrons. The first-order chi connectivity index (χ1) is 15.1. The predicted molar refractivity (Wildman–Crippen MR) is 121 cm³/mol. The summed E-state index contributed by atoms with van der Waals surface area (Å²) in [6.45, 7) is 3.73. The van der Waals surface area contributed by atoms with Crippen LogP contribution >= 0.6 is 11.6 Å². The van der Waals surface area contributed by atoms with Gasteiger partial charge in [-0.15, -0.1) is 5.10 Å². The summed E-state index contributed by atoms with van der Waals surface area (Å²) in [5.41, 5.74) is 2.63. The van der Waals surface area contributed by atoms with Gasteiger partial charge in [0.2, 0.25) is 5.95 Å². The lowest BCUT2D eigenvalue weighted by Gasteiger charge is -2.33. The number of nitrogens with one attached hydrogen (secondary N) is 2. The van der Waals surface area contributed by atoms with E-state index in [0.717, 1.165) is 48.8 Å². The molecule has 0 amide bonds. The SMILES string of the molecule is Cc1ccc(N2CCC(Nc3nc(Nc4ccn5ccnc5c4)ncc3Cl)CC2)nn1. The number of hydrogen-bond acceptors (Lipinski definition) is 8. The summed E-state index contributed by atoms with van der Waals surface area (Å²) in [4.78, 5) is 15.5. The number of fused-ring (bicyclic) bond motifs is 1. The van der Waals surface area contributed by atoms with E-state index in [0.29, 0.717) is 16.8 Å². The van der Waals surface area contributed by atoms with Crippen LogP contribution in [-0.4, -0.2) is 48.7 Å². The second kappa shape index (κ2) is 8.35. The van der Waals surface area contributed by atoms with Crippen LogP contribution in [0.1, 0.15) is 18.5 Å². The summed E-state index contributed by atoms with van der Waals surface area (Å²) >= 11 is 6.36. The zero-order chi connectivity index (χ0) is 21.2. The molecule has 0 atom stereocenters. The van der Waals surface area contributed by atoms with Crippen LogP contribution in [0.3, 0.4) is 0 Å². The molecule has 4 aromatic heterocycles. The molecule has 0 unspecified atom stereocenters. The van der Waals surface area contributed by atoms with Crippen molar-refractivity contribution in [3.05, 3.63) is 59.8 Å². The van der Waals surface area contributed by atoms with Crippen molar-refractivity contribution in [3.8, 4) is 0 Å². The molecule has 0 radical (unpaired) electrons. The molecule has 0 aromatic carbocycles. The first kappa shape index (κ1) is 19.5. The first-order valence-electron chi connectivity index (χ1n) is 10.2. The Hall–Kier alpha value is -3.46. The number of pyridine rings is 1. The summed E-state index contributed by atoms with van der Waals surface area (Å²) in [6, 6.07) is 8.18. The van der Waals surface area contributed by atoms with E-state index in [1.165, 1.54) is 0 Å². The maximum absolute atomic E-state index is 6.36. The molecule has 9 nitrogen and oxygen atoms in total. The molecule has 0 saturated carbocycles. The fourth-order valence-electron chi connectivity index (χ4n) is 3.65. The number of aryl methyl sites for hydroxylation is 1. The molecule has 1 saturated heterocycles. The van der Waals surface area contributed by atoms with Gasteiger partial charge in [-0.1, -0.05) is 11.6 Å². The minimum Gasteiger partial charge on any atom is -0.366 e. The Morgan fingerprint density at radius 2 is 1.94 bits per heavy atom. The summed E-state index contributed by atoms with van der Waals surface area (Å²) in [5.74, 6) is 2.04. The van der Waals surface area contributed by atoms with Crippen LogP contribution in [0.15, 0.2) is 49.1 Å². The smallest absolute Gasteiger partial charge is 0.229 e. The highest BCUT2D eigenvalue weighted by Crippen LogP contribution is 2.25. The van der Waals surface area contributed by atoms with E-state index >= 15 is 0 Å². The van der Waals surface area contributed by atoms with Gasteiger partial charge in [0.15, 0.2) is 11.6 Å². The van der Waals surface area contributed by atoms with Crippen molar-refractivity contribution in [1.29, 1.82) is 0 Å². The van der Waals surface area contributed by atoms with E-state index in [9.17, 15) is 0 Å². The molecule has 1 fully saturated rings. The van der Waals surface area contributed by atoms with E-state index < -0.39 is 0 Å². The number of piperidine rings is 1. The number of imidazole rings is 1. The maximum atomic E-state index is 6.36. The maximum Gasteiger partial charge on any atom is 0.229 e. The highest BCUT2D eigenvalue weighted by Gasteiger charge is 2.21.